The van der Waals surface area contributed by atoms with Crippen LogP contribution in [-0.2, 0) is 4.79 Å². The fourth-order valence-electron chi connectivity index (χ4n) is 2.95. The molecule has 0 bridgehead atoms. The second-order valence-electron chi connectivity index (χ2n) is 6.77. The van der Waals surface area contributed by atoms with Crippen molar-refractivity contribution < 1.29 is 14.3 Å². The number of nitrogens with one attached hydrogen (secondary N) is 1. The molecule has 0 aliphatic rings. The van der Waals surface area contributed by atoms with E-state index in [-0.39, 0.29) is 17.7 Å². The van der Waals surface area contributed by atoms with Gasteiger partial charge in [0, 0.05) is 25.5 Å². The standard InChI is InChI=1S/C21H28N2O3/c1-14(2)20(15-7-12-18(25-5)19(13-15)26-6)21(24)22-16-8-10-17(11-9-16)23(3)4/h7-14,20H,1-6H3,(H,22,24). The summed E-state index contributed by atoms with van der Waals surface area (Å²) in [7, 11) is 7.17. The molecule has 0 radical (unpaired) electrons. The number of carbonyl (C=O) groups is 1. The van der Waals surface area contributed by atoms with Gasteiger partial charge in [-0.1, -0.05) is 19.9 Å². The van der Waals surface area contributed by atoms with Crippen molar-refractivity contribution in [2.75, 3.05) is 38.5 Å². The topological polar surface area (TPSA) is 50.8 Å². The summed E-state index contributed by atoms with van der Waals surface area (Å²) >= 11 is 0. The minimum Gasteiger partial charge on any atom is -0.493 e. The Kier molecular flexibility index (Phi) is 6.50. The summed E-state index contributed by atoms with van der Waals surface area (Å²) in [5.41, 5.74) is 2.77. The van der Waals surface area contributed by atoms with E-state index < -0.39 is 0 Å². The lowest BCUT2D eigenvalue weighted by Gasteiger charge is -2.22. The van der Waals surface area contributed by atoms with Gasteiger partial charge >= 0.3 is 0 Å². The van der Waals surface area contributed by atoms with Gasteiger partial charge in [0.05, 0.1) is 20.1 Å². The second kappa shape index (κ2) is 8.61. The van der Waals surface area contributed by atoms with E-state index in [4.69, 9.17) is 9.47 Å². The molecule has 26 heavy (non-hydrogen) atoms. The van der Waals surface area contributed by atoms with Crippen LogP contribution in [-0.4, -0.2) is 34.2 Å². The summed E-state index contributed by atoms with van der Waals surface area (Å²) in [5.74, 6) is 1.08. The van der Waals surface area contributed by atoms with Gasteiger partial charge in [0.25, 0.3) is 0 Å². The summed E-state index contributed by atoms with van der Waals surface area (Å²) in [4.78, 5) is 15.0. The molecule has 5 heteroatoms. The van der Waals surface area contributed by atoms with Crippen LogP contribution in [0.1, 0.15) is 25.3 Å². The molecule has 1 amide bonds. The zero-order chi connectivity index (χ0) is 19.3. The molecule has 5 nitrogen and oxygen atoms in total. The second-order valence-corrected chi connectivity index (χ2v) is 6.77. The SMILES string of the molecule is COc1ccc(C(C(=O)Nc2ccc(N(C)C)cc2)C(C)C)cc1OC. The van der Waals surface area contributed by atoms with E-state index in [1.54, 1.807) is 14.2 Å². The lowest BCUT2D eigenvalue weighted by atomic mass is 9.87. The van der Waals surface area contributed by atoms with Gasteiger partial charge in [-0.2, -0.15) is 0 Å². The van der Waals surface area contributed by atoms with Gasteiger partial charge in [0.15, 0.2) is 11.5 Å². The number of nitrogens with zero attached hydrogens (tertiary/aromatic N) is 1. The molecule has 0 aromatic heterocycles. The predicted octanol–water partition coefficient (Wildman–Crippen LogP) is 4.15. The highest BCUT2D eigenvalue weighted by molar-refractivity contribution is 5.96. The number of hydrogen-bond donors (Lipinski definition) is 1. The van der Waals surface area contributed by atoms with Crippen LogP contribution < -0.4 is 19.7 Å². The van der Waals surface area contributed by atoms with Gasteiger partial charge in [-0.15, -0.1) is 0 Å². The fraction of sp³-hybridized carbons (Fsp3) is 0.381. The minimum atomic E-state index is -0.289. The largest absolute Gasteiger partial charge is 0.493 e. The zero-order valence-electron chi connectivity index (χ0n) is 16.4. The van der Waals surface area contributed by atoms with Crippen LogP contribution >= 0.6 is 0 Å². The summed E-state index contributed by atoms with van der Waals surface area (Å²) < 4.78 is 10.7. The van der Waals surface area contributed by atoms with E-state index in [1.165, 1.54) is 0 Å². The average molecular weight is 356 g/mol. The first-order valence-electron chi connectivity index (χ1n) is 8.67. The predicted molar refractivity (Wildman–Crippen MR) is 107 cm³/mol. The van der Waals surface area contributed by atoms with Crippen LogP contribution in [0.5, 0.6) is 11.5 Å². The van der Waals surface area contributed by atoms with E-state index in [9.17, 15) is 4.79 Å². The first kappa shape index (κ1) is 19.6. The summed E-state index contributed by atoms with van der Waals surface area (Å²) in [5, 5.41) is 3.02. The Labute approximate surface area is 155 Å². The maximum Gasteiger partial charge on any atom is 0.232 e. The Morgan fingerprint density at radius 2 is 1.58 bits per heavy atom. The third-order valence-corrected chi connectivity index (χ3v) is 4.37. The van der Waals surface area contributed by atoms with Crippen LogP contribution in [0.3, 0.4) is 0 Å². The van der Waals surface area contributed by atoms with Crippen molar-refractivity contribution in [3.05, 3.63) is 48.0 Å². The molecular formula is C21H28N2O3. The molecule has 0 fully saturated rings. The summed E-state index contributed by atoms with van der Waals surface area (Å²) in [6, 6.07) is 13.4. The van der Waals surface area contributed by atoms with E-state index >= 15 is 0 Å². The lowest BCUT2D eigenvalue weighted by Crippen LogP contribution is -2.25. The number of amides is 1. The highest BCUT2D eigenvalue weighted by atomic mass is 16.5. The Hall–Kier alpha value is -2.69. The van der Waals surface area contributed by atoms with E-state index in [0.29, 0.717) is 11.5 Å². The Morgan fingerprint density at radius 1 is 0.962 bits per heavy atom. The van der Waals surface area contributed by atoms with Gasteiger partial charge in [-0.05, 0) is 47.9 Å². The highest BCUT2D eigenvalue weighted by Gasteiger charge is 2.25. The molecule has 2 rings (SSSR count). The van der Waals surface area contributed by atoms with Crippen molar-refractivity contribution in [3.63, 3.8) is 0 Å². The van der Waals surface area contributed by atoms with Gasteiger partial charge in [0.1, 0.15) is 0 Å². The molecule has 0 saturated carbocycles. The maximum atomic E-state index is 12.9. The van der Waals surface area contributed by atoms with Gasteiger partial charge < -0.3 is 19.7 Å². The lowest BCUT2D eigenvalue weighted by molar-refractivity contribution is -0.118. The quantitative estimate of drug-likeness (QED) is 0.810. The molecular weight excluding hydrogens is 328 g/mol. The molecule has 0 spiro atoms. The monoisotopic (exact) mass is 356 g/mol. The van der Waals surface area contributed by atoms with Crippen LogP contribution in [0.15, 0.2) is 42.5 Å². The first-order valence-corrected chi connectivity index (χ1v) is 8.67. The first-order chi connectivity index (χ1) is 12.4. The van der Waals surface area contributed by atoms with E-state index in [1.807, 2.05) is 75.3 Å². The number of rotatable bonds is 7. The molecule has 0 saturated heterocycles. The number of carbonyl (C=O) groups excluding carboxylic acids is 1. The molecule has 1 N–H and O–H groups in total. The summed E-state index contributed by atoms with van der Waals surface area (Å²) in [6.07, 6.45) is 0. The molecule has 1 atom stereocenters. The average Bonchev–Trinajstić information content (AvgIpc) is 2.61. The van der Waals surface area contributed by atoms with Crippen molar-refractivity contribution >= 4 is 17.3 Å². The van der Waals surface area contributed by atoms with Crippen molar-refractivity contribution in [2.45, 2.75) is 19.8 Å². The Morgan fingerprint density at radius 3 is 2.08 bits per heavy atom. The van der Waals surface area contributed by atoms with Gasteiger partial charge in [-0.3, -0.25) is 4.79 Å². The molecule has 1 unspecified atom stereocenters. The third kappa shape index (κ3) is 4.48. The molecule has 2 aromatic rings. The van der Waals surface area contributed by atoms with Crippen LogP contribution in [0.25, 0.3) is 0 Å². The Balaban J connectivity index is 2.25. The fourth-order valence-corrected chi connectivity index (χ4v) is 2.95. The third-order valence-electron chi connectivity index (χ3n) is 4.37. The number of hydrogen-bond acceptors (Lipinski definition) is 4. The van der Waals surface area contributed by atoms with Gasteiger partial charge in [0.2, 0.25) is 5.91 Å². The van der Waals surface area contributed by atoms with Crippen molar-refractivity contribution in [1.82, 2.24) is 0 Å². The number of methoxy groups -OCH3 is 2. The van der Waals surface area contributed by atoms with Crippen molar-refractivity contribution in [2.24, 2.45) is 5.92 Å². The van der Waals surface area contributed by atoms with Crippen LogP contribution in [0.2, 0.25) is 0 Å². The number of anilines is 2. The zero-order valence-corrected chi connectivity index (χ0v) is 16.4. The molecule has 2 aromatic carbocycles. The summed E-state index contributed by atoms with van der Waals surface area (Å²) in [6.45, 7) is 4.08. The smallest absolute Gasteiger partial charge is 0.232 e. The molecule has 140 valence electrons. The minimum absolute atomic E-state index is 0.0372. The maximum absolute atomic E-state index is 12.9. The highest BCUT2D eigenvalue weighted by Crippen LogP contribution is 2.34. The van der Waals surface area contributed by atoms with Crippen LogP contribution in [0.4, 0.5) is 11.4 Å². The van der Waals surface area contributed by atoms with E-state index in [2.05, 4.69) is 5.32 Å². The Bertz CT molecular complexity index is 739. The molecule has 0 aliphatic carbocycles. The normalized spacial score (nSPS) is 11.8. The van der Waals surface area contributed by atoms with E-state index in [0.717, 1.165) is 16.9 Å². The number of benzene rings is 2. The number of ether oxygens (including phenoxy) is 2. The van der Waals surface area contributed by atoms with Gasteiger partial charge in [-0.25, -0.2) is 0 Å². The molecule has 0 aliphatic heterocycles. The van der Waals surface area contributed by atoms with Crippen molar-refractivity contribution in [3.8, 4) is 11.5 Å². The molecule has 0 heterocycles. The van der Waals surface area contributed by atoms with Crippen LogP contribution in [0, 0.1) is 5.92 Å². The van der Waals surface area contributed by atoms with Crippen molar-refractivity contribution in [1.29, 1.82) is 0 Å².